The Labute approximate surface area is 179 Å². The van der Waals surface area contributed by atoms with Gasteiger partial charge in [-0.3, -0.25) is 10.2 Å². The first kappa shape index (κ1) is 21.8. The van der Waals surface area contributed by atoms with E-state index in [-0.39, 0.29) is 10.7 Å². The molecule has 156 valence electrons. The van der Waals surface area contributed by atoms with E-state index in [0.717, 1.165) is 16.9 Å². The zero-order valence-electron chi connectivity index (χ0n) is 15.5. The second-order valence-electron chi connectivity index (χ2n) is 6.04. The average Bonchev–Trinajstić information content (AvgIpc) is 3.19. The third-order valence-corrected chi connectivity index (χ3v) is 5.00. The fraction of sp³-hybridized carbons (Fsp3) is 0.150. The molecule has 3 rings (SSSR count). The van der Waals surface area contributed by atoms with Crippen LogP contribution in [0.3, 0.4) is 0 Å². The van der Waals surface area contributed by atoms with Gasteiger partial charge >= 0.3 is 6.18 Å². The summed E-state index contributed by atoms with van der Waals surface area (Å²) in [7, 11) is 1.55. The van der Waals surface area contributed by atoms with Crippen molar-refractivity contribution in [2.24, 2.45) is 5.10 Å². The molecule has 0 bridgehead atoms. The number of benzene rings is 2. The van der Waals surface area contributed by atoms with Gasteiger partial charge in [0.1, 0.15) is 11.5 Å². The number of nitrogens with zero attached hydrogens (tertiary/aromatic N) is 2. The highest BCUT2D eigenvalue weighted by Crippen LogP contribution is 2.27. The molecule has 5 nitrogen and oxygen atoms in total. The number of thiazole rings is 1. The Morgan fingerprint density at radius 1 is 1.17 bits per heavy atom. The molecule has 2 aromatic carbocycles. The molecule has 0 aliphatic carbocycles. The highest BCUT2D eigenvalue weighted by atomic mass is 35.5. The summed E-state index contributed by atoms with van der Waals surface area (Å²) in [6, 6.07) is 12.7. The maximum atomic E-state index is 13.3. The Morgan fingerprint density at radius 2 is 1.83 bits per heavy atom. The number of hydrogen-bond acceptors (Lipinski definition) is 6. The first-order chi connectivity index (χ1) is 14.3. The van der Waals surface area contributed by atoms with Crippen LogP contribution < -0.4 is 10.2 Å². The van der Waals surface area contributed by atoms with E-state index in [4.69, 9.17) is 16.3 Å². The normalized spacial score (nSPS) is 12.0. The molecule has 3 aromatic rings. The predicted molar refractivity (Wildman–Crippen MR) is 112 cm³/mol. The SMILES string of the molecule is COc1ccc(-c2csc(NN=C(CC(=O)c3ccc(Cl)cc3)C(F)(F)F)n2)cc1. The summed E-state index contributed by atoms with van der Waals surface area (Å²) >= 11 is 6.83. The van der Waals surface area contributed by atoms with Crippen LogP contribution >= 0.6 is 22.9 Å². The van der Waals surface area contributed by atoms with Crippen molar-refractivity contribution in [2.75, 3.05) is 12.5 Å². The molecule has 1 aromatic heterocycles. The Bertz CT molecular complexity index is 1050. The van der Waals surface area contributed by atoms with Gasteiger partial charge in [0.2, 0.25) is 5.13 Å². The maximum absolute atomic E-state index is 13.3. The van der Waals surface area contributed by atoms with Crippen LogP contribution in [0.4, 0.5) is 18.3 Å². The van der Waals surface area contributed by atoms with Crippen molar-refractivity contribution in [1.82, 2.24) is 4.98 Å². The van der Waals surface area contributed by atoms with Crippen molar-refractivity contribution in [1.29, 1.82) is 0 Å². The number of rotatable bonds is 7. The van der Waals surface area contributed by atoms with Gasteiger partial charge in [-0.1, -0.05) is 11.6 Å². The van der Waals surface area contributed by atoms with Crippen LogP contribution in [0.5, 0.6) is 5.75 Å². The van der Waals surface area contributed by atoms with E-state index in [1.807, 2.05) is 0 Å². The molecule has 0 saturated heterocycles. The number of methoxy groups -OCH3 is 1. The number of hydrogen-bond donors (Lipinski definition) is 1. The maximum Gasteiger partial charge on any atom is 0.431 e. The molecule has 0 amide bonds. The Kier molecular flexibility index (Phi) is 6.73. The molecule has 10 heteroatoms. The number of alkyl halides is 3. The minimum absolute atomic E-state index is 0.118. The van der Waals surface area contributed by atoms with E-state index < -0.39 is 24.1 Å². The number of hydrazone groups is 1. The number of nitrogens with one attached hydrogen (secondary N) is 1. The lowest BCUT2D eigenvalue weighted by Crippen LogP contribution is -2.27. The van der Waals surface area contributed by atoms with E-state index in [9.17, 15) is 18.0 Å². The zero-order chi connectivity index (χ0) is 21.7. The van der Waals surface area contributed by atoms with E-state index in [0.29, 0.717) is 16.5 Å². The lowest BCUT2D eigenvalue weighted by atomic mass is 10.1. The lowest BCUT2D eigenvalue weighted by molar-refractivity contribution is -0.0602. The first-order valence-electron chi connectivity index (χ1n) is 8.55. The minimum Gasteiger partial charge on any atom is -0.497 e. The highest BCUT2D eigenvalue weighted by Gasteiger charge is 2.37. The van der Waals surface area contributed by atoms with Gasteiger partial charge in [-0.2, -0.15) is 18.3 Å². The topological polar surface area (TPSA) is 63.6 Å². The van der Waals surface area contributed by atoms with Crippen molar-refractivity contribution < 1.29 is 22.7 Å². The Morgan fingerprint density at radius 3 is 2.43 bits per heavy atom. The number of Topliss-reactive ketones (excluding diaryl/α,β-unsaturated/α-hetero) is 1. The molecule has 1 N–H and O–H groups in total. The van der Waals surface area contributed by atoms with Crippen LogP contribution in [-0.2, 0) is 0 Å². The molecule has 0 spiro atoms. The van der Waals surface area contributed by atoms with Gasteiger partial charge in [-0.05, 0) is 48.5 Å². The molecular formula is C20H15ClF3N3O2S. The number of anilines is 1. The highest BCUT2D eigenvalue weighted by molar-refractivity contribution is 7.14. The molecule has 0 unspecified atom stereocenters. The van der Waals surface area contributed by atoms with Crippen LogP contribution in [-0.4, -0.2) is 29.8 Å². The summed E-state index contributed by atoms with van der Waals surface area (Å²) < 4.78 is 45.1. The molecular weight excluding hydrogens is 439 g/mol. The molecule has 0 radical (unpaired) electrons. The molecule has 0 saturated carbocycles. The predicted octanol–water partition coefficient (Wildman–Crippen LogP) is 6.08. The van der Waals surface area contributed by atoms with Gasteiger partial charge in [0.25, 0.3) is 0 Å². The monoisotopic (exact) mass is 453 g/mol. The van der Waals surface area contributed by atoms with E-state index >= 15 is 0 Å². The summed E-state index contributed by atoms with van der Waals surface area (Å²) in [4.78, 5) is 16.4. The van der Waals surface area contributed by atoms with Gasteiger partial charge < -0.3 is 4.74 Å². The van der Waals surface area contributed by atoms with Gasteiger partial charge in [-0.25, -0.2) is 4.98 Å². The van der Waals surface area contributed by atoms with Crippen LogP contribution in [0, 0.1) is 0 Å². The quantitative estimate of drug-likeness (QED) is 0.268. The Balaban J connectivity index is 1.74. The van der Waals surface area contributed by atoms with Crippen LogP contribution in [0.25, 0.3) is 11.3 Å². The average molecular weight is 454 g/mol. The largest absolute Gasteiger partial charge is 0.497 e. The summed E-state index contributed by atoms with van der Waals surface area (Å²) in [6.07, 6.45) is -5.68. The van der Waals surface area contributed by atoms with Crippen LogP contribution in [0.15, 0.2) is 59.0 Å². The number of ether oxygens (including phenoxy) is 1. The fourth-order valence-electron chi connectivity index (χ4n) is 2.43. The number of carbonyl (C=O) groups excluding carboxylic acids is 1. The second-order valence-corrected chi connectivity index (χ2v) is 7.34. The molecule has 0 aliphatic heterocycles. The number of carbonyl (C=O) groups is 1. The van der Waals surface area contributed by atoms with E-state index in [1.54, 1.807) is 36.8 Å². The van der Waals surface area contributed by atoms with Crippen molar-refractivity contribution in [2.45, 2.75) is 12.6 Å². The van der Waals surface area contributed by atoms with Crippen molar-refractivity contribution in [3.63, 3.8) is 0 Å². The Hall–Kier alpha value is -2.91. The number of ketones is 1. The van der Waals surface area contributed by atoms with Crippen molar-refractivity contribution in [3.05, 3.63) is 64.5 Å². The first-order valence-corrected chi connectivity index (χ1v) is 9.80. The third-order valence-electron chi connectivity index (χ3n) is 4.00. The minimum atomic E-state index is -4.77. The standard InChI is InChI=1S/C20H15ClF3N3O2S/c1-29-15-8-4-12(5-9-15)16-11-30-19(25-16)27-26-18(20(22,23)24)10-17(28)13-2-6-14(21)7-3-13/h2-9,11H,10H2,1H3,(H,25,27). The molecule has 0 aliphatic rings. The zero-order valence-corrected chi connectivity index (χ0v) is 17.1. The van der Waals surface area contributed by atoms with Crippen molar-refractivity contribution >= 4 is 39.6 Å². The van der Waals surface area contributed by atoms with Gasteiger partial charge in [0.05, 0.1) is 19.2 Å². The lowest BCUT2D eigenvalue weighted by Gasteiger charge is -2.10. The third kappa shape index (κ3) is 5.58. The molecule has 30 heavy (non-hydrogen) atoms. The molecule has 0 atom stereocenters. The summed E-state index contributed by atoms with van der Waals surface area (Å²) in [5, 5.41) is 5.64. The van der Waals surface area contributed by atoms with Crippen molar-refractivity contribution in [3.8, 4) is 17.0 Å². The van der Waals surface area contributed by atoms with Gasteiger partial charge in [0, 0.05) is 21.5 Å². The van der Waals surface area contributed by atoms with E-state index in [2.05, 4.69) is 15.5 Å². The second kappa shape index (κ2) is 9.27. The smallest absolute Gasteiger partial charge is 0.431 e. The summed E-state index contributed by atoms with van der Waals surface area (Å²) in [5.41, 5.74) is 2.53. The molecule has 0 fully saturated rings. The fourth-order valence-corrected chi connectivity index (χ4v) is 3.22. The van der Waals surface area contributed by atoms with Gasteiger partial charge in [0.15, 0.2) is 5.78 Å². The molecule has 1 heterocycles. The van der Waals surface area contributed by atoms with Crippen LogP contribution in [0.2, 0.25) is 5.02 Å². The number of aromatic nitrogens is 1. The number of halogens is 4. The van der Waals surface area contributed by atoms with Crippen LogP contribution in [0.1, 0.15) is 16.8 Å². The van der Waals surface area contributed by atoms with E-state index in [1.165, 1.54) is 24.3 Å². The summed E-state index contributed by atoms with van der Waals surface area (Å²) in [5.74, 6) is -0.0419. The summed E-state index contributed by atoms with van der Waals surface area (Å²) in [6.45, 7) is 0. The van der Waals surface area contributed by atoms with Gasteiger partial charge in [-0.15, -0.1) is 11.3 Å².